The molecule has 2 amide bonds. The number of amides is 2. The zero-order valence-corrected chi connectivity index (χ0v) is 18.7. The first-order valence-electron chi connectivity index (χ1n) is 11.9. The molecule has 0 bridgehead atoms. The third-order valence-corrected chi connectivity index (χ3v) is 9.10. The highest BCUT2D eigenvalue weighted by atomic mass is 16.2. The molecule has 2 fully saturated rings. The molecule has 1 aromatic heterocycles. The summed E-state index contributed by atoms with van der Waals surface area (Å²) in [6.45, 7) is 7.67. The molecule has 5 nitrogen and oxygen atoms in total. The molecule has 5 heteroatoms. The van der Waals surface area contributed by atoms with Crippen LogP contribution in [0.4, 0.5) is 4.79 Å². The Morgan fingerprint density at radius 1 is 1.17 bits per heavy atom. The number of imidazole rings is 1. The zero-order chi connectivity index (χ0) is 20.9. The van der Waals surface area contributed by atoms with E-state index in [0.29, 0.717) is 12.0 Å². The van der Waals surface area contributed by atoms with E-state index in [-0.39, 0.29) is 17.5 Å². The van der Waals surface area contributed by atoms with Gasteiger partial charge in [0, 0.05) is 36.1 Å². The molecule has 4 aliphatic rings. The SMILES string of the molecule is CCNC(=O)NC1CC[C@@]2(C)C(=CCC3C2CC[C@]2(C)C(n4ccnc4)=CCC32)C1. The van der Waals surface area contributed by atoms with Gasteiger partial charge in [-0.2, -0.15) is 0 Å². The van der Waals surface area contributed by atoms with E-state index in [0.717, 1.165) is 30.6 Å². The molecule has 6 atom stereocenters. The second-order valence-corrected chi connectivity index (χ2v) is 10.5. The maximum atomic E-state index is 12.0. The first-order chi connectivity index (χ1) is 14.5. The fourth-order valence-electron chi connectivity index (χ4n) is 7.53. The van der Waals surface area contributed by atoms with E-state index in [2.05, 4.69) is 52.4 Å². The average Bonchev–Trinajstić information content (AvgIpc) is 3.35. The van der Waals surface area contributed by atoms with Crippen LogP contribution in [0.5, 0.6) is 0 Å². The highest BCUT2D eigenvalue weighted by Gasteiger charge is 2.57. The topological polar surface area (TPSA) is 59.0 Å². The van der Waals surface area contributed by atoms with Gasteiger partial charge in [0.25, 0.3) is 0 Å². The third-order valence-electron chi connectivity index (χ3n) is 9.10. The van der Waals surface area contributed by atoms with Crippen molar-refractivity contribution in [2.45, 2.75) is 71.8 Å². The highest BCUT2D eigenvalue weighted by Crippen LogP contribution is 2.65. The Bertz CT molecular complexity index is 872. The Morgan fingerprint density at radius 2 is 2.00 bits per heavy atom. The molecule has 5 rings (SSSR count). The van der Waals surface area contributed by atoms with Gasteiger partial charge in [0.1, 0.15) is 0 Å². The molecule has 162 valence electrons. The second-order valence-electron chi connectivity index (χ2n) is 10.5. The predicted molar refractivity (Wildman–Crippen MR) is 120 cm³/mol. The lowest BCUT2D eigenvalue weighted by Crippen LogP contribution is -2.52. The largest absolute Gasteiger partial charge is 0.338 e. The maximum Gasteiger partial charge on any atom is 0.315 e. The number of nitrogens with zero attached hydrogens (tertiary/aromatic N) is 2. The van der Waals surface area contributed by atoms with E-state index in [1.54, 1.807) is 5.57 Å². The lowest BCUT2D eigenvalue weighted by atomic mass is 9.47. The number of urea groups is 1. The summed E-state index contributed by atoms with van der Waals surface area (Å²) in [5.74, 6) is 2.27. The summed E-state index contributed by atoms with van der Waals surface area (Å²) in [5.41, 5.74) is 3.65. The molecular weight excluding hydrogens is 372 g/mol. The van der Waals surface area contributed by atoms with Crippen LogP contribution < -0.4 is 10.6 Å². The third kappa shape index (κ3) is 2.96. The standard InChI is InChI=1S/C25H36N4O/c1-4-27-23(30)28-18-9-11-24(2)17(15-18)5-6-19-20-7-8-22(29-14-13-26-16-29)25(20,3)12-10-21(19)24/h5,8,13-14,16,18-21H,4,6-7,9-12,15H2,1-3H3,(H2,27,28,30)/t18?,19?,20?,21?,24-,25-/m0/s1. The Morgan fingerprint density at radius 3 is 2.77 bits per heavy atom. The molecule has 0 spiro atoms. The fourth-order valence-corrected chi connectivity index (χ4v) is 7.53. The van der Waals surface area contributed by atoms with Crippen LogP contribution in [0.3, 0.4) is 0 Å². The van der Waals surface area contributed by atoms with Crippen molar-refractivity contribution in [3.63, 3.8) is 0 Å². The maximum absolute atomic E-state index is 12.0. The normalized spacial score (nSPS) is 39.8. The Balaban J connectivity index is 1.35. The summed E-state index contributed by atoms with van der Waals surface area (Å²) in [6.07, 6.45) is 19.3. The lowest BCUT2D eigenvalue weighted by molar-refractivity contribution is -0.0135. The van der Waals surface area contributed by atoms with E-state index in [4.69, 9.17) is 0 Å². The van der Waals surface area contributed by atoms with E-state index in [1.807, 2.05) is 19.4 Å². The van der Waals surface area contributed by atoms with E-state index >= 15 is 0 Å². The minimum Gasteiger partial charge on any atom is -0.338 e. The van der Waals surface area contributed by atoms with Gasteiger partial charge in [0.15, 0.2) is 0 Å². The number of rotatable bonds is 3. The number of nitrogens with one attached hydrogen (secondary N) is 2. The van der Waals surface area contributed by atoms with Crippen LogP contribution in [0.2, 0.25) is 0 Å². The average molecular weight is 409 g/mol. The molecule has 0 saturated heterocycles. The minimum absolute atomic E-state index is 0.0158. The van der Waals surface area contributed by atoms with Crippen molar-refractivity contribution in [3.05, 3.63) is 36.4 Å². The molecule has 0 aliphatic heterocycles. The van der Waals surface area contributed by atoms with Crippen molar-refractivity contribution in [2.24, 2.45) is 28.6 Å². The number of carbonyl (C=O) groups is 1. The van der Waals surface area contributed by atoms with E-state index < -0.39 is 0 Å². The number of aromatic nitrogens is 2. The van der Waals surface area contributed by atoms with Crippen LogP contribution in [-0.2, 0) is 0 Å². The number of fused-ring (bicyclic) bond motifs is 5. The smallest absolute Gasteiger partial charge is 0.315 e. The molecular formula is C25H36N4O. The van der Waals surface area contributed by atoms with Crippen LogP contribution in [0.1, 0.15) is 65.7 Å². The Labute approximate surface area is 180 Å². The Hall–Kier alpha value is -2.04. The first kappa shape index (κ1) is 19.9. The number of carbonyl (C=O) groups excluding carboxylic acids is 1. The lowest BCUT2D eigenvalue weighted by Gasteiger charge is -2.58. The molecule has 2 N–H and O–H groups in total. The van der Waals surface area contributed by atoms with E-state index in [9.17, 15) is 4.79 Å². The number of allylic oxidation sites excluding steroid dienone is 3. The summed E-state index contributed by atoms with van der Waals surface area (Å²) in [7, 11) is 0. The van der Waals surface area contributed by atoms with Crippen molar-refractivity contribution in [1.29, 1.82) is 0 Å². The van der Waals surface area contributed by atoms with Gasteiger partial charge < -0.3 is 15.2 Å². The zero-order valence-electron chi connectivity index (χ0n) is 18.7. The fraction of sp³-hybridized carbons (Fsp3) is 0.680. The monoisotopic (exact) mass is 408 g/mol. The van der Waals surface area contributed by atoms with Gasteiger partial charge >= 0.3 is 6.03 Å². The van der Waals surface area contributed by atoms with Crippen LogP contribution in [0.25, 0.3) is 5.70 Å². The minimum atomic E-state index is -0.0158. The van der Waals surface area contributed by atoms with Gasteiger partial charge in [0.2, 0.25) is 0 Å². The molecule has 1 aromatic rings. The summed E-state index contributed by atoms with van der Waals surface area (Å²) in [6, 6.07) is 0.264. The molecule has 4 unspecified atom stereocenters. The molecule has 0 radical (unpaired) electrons. The molecule has 0 aromatic carbocycles. The Kier molecular flexibility index (Phi) is 4.83. The van der Waals surface area contributed by atoms with Gasteiger partial charge in [-0.25, -0.2) is 9.78 Å². The van der Waals surface area contributed by atoms with Crippen LogP contribution >= 0.6 is 0 Å². The number of hydrogen-bond acceptors (Lipinski definition) is 2. The molecule has 1 heterocycles. The second kappa shape index (κ2) is 7.28. The van der Waals surface area contributed by atoms with Gasteiger partial charge in [-0.3, -0.25) is 0 Å². The van der Waals surface area contributed by atoms with Crippen molar-refractivity contribution < 1.29 is 4.79 Å². The molecule has 4 aliphatic carbocycles. The summed E-state index contributed by atoms with van der Waals surface area (Å²) >= 11 is 0. The van der Waals surface area contributed by atoms with Crippen LogP contribution in [0, 0.1) is 28.6 Å². The van der Waals surface area contributed by atoms with Gasteiger partial charge in [-0.15, -0.1) is 0 Å². The van der Waals surface area contributed by atoms with Gasteiger partial charge in [-0.05, 0) is 75.0 Å². The van der Waals surface area contributed by atoms with Gasteiger partial charge in [-0.1, -0.05) is 31.6 Å². The highest BCUT2D eigenvalue weighted by molar-refractivity contribution is 5.74. The van der Waals surface area contributed by atoms with Crippen molar-refractivity contribution in [3.8, 4) is 0 Å². The van der Waals surface area contributed by atoms with E-state index in [1.165, 1.54) is 37.8 Å². The summed E-state index contributed by atoms with van der Waals surface area (Å²) in [4.78, 5) is 16.3. The predicted octanol–water partition coefficient (Wildman–Crippen LogP) is 4.98. The summed E-state index contributed by atoms with van der Waals surface area (Å²) in [5, 5.41) is 6.08. The van der Waals surface area contributed by atoms with Crippen molar-refractivity contribution >= 4 is 11.7 Å². The molecule has 2 saturated carbocycles. The number of hydrogen-bond donors (Lipinski definition) is 2. The van der Waals surface area contributed by atoms with Crippen molar-refractivity contribution in [1.82, 2.24) is 20.2 Å². The molecule has 30 heavy (non-hydrogen) atoms. The quantitative estimate of drug-likeness (QED) is 0.693. The van der Waals surface area contributed by atoms with Crippen LogP contribution in [0.15, 0.2) is 36.4 Å². The first-order valence-corrected chi connectivity index (χ1v) is 11.9. The van der Waals surface area contributed by atoms with Crippen molar-refractivity contribution in [2.75, 3.05) is 6.54 Å². The van der Waals surface area contributed by atoms with Crippen LogP contribution in [-0.4, -0.2) is 28.2 Å². The summed E-state index contributed by atoms with van der Waals surface area (Å²) < 4.78 is 2.25. The van der Waals surface area contributed by atoms with Gasteiger partial charge in [0.05, 0.1) is 6.33 Å².